The fourth-order valence-electron chi connectivity index (χ4n) is 3.29. The minimum absolute atomic E-state index is 0.150. The van der Waals surface area contributed by atoms with Crippen LogP contribution in [0.2, 0.25) is 0 Å². The highest BCUT2D eigenvalue weighted by molar-refractivity contribution is 7.22. The van der Waals surface area contributed by atoms with Gasteiger partial charge in [-0.15, -0.1) is 0 Å². The number of nitrogens with zero attached hydrogens (tertiary/aromatic N) is 5. The number of anilines is 1. The largest absolute Gasteiger partial charge is 0.291 e. The molecule has 146 valence electrons. The summed E-state index contributed by atoms with van der Waals surface area (Å²) in [5, 5.41) is 6.63. The summed E-state index contributed by atoms with van der Waals surface area (Å²) in [6.07, 6.45) is 5.19. The van der Waals surface area contributed by atoms with E-state index < -0.39 is 5.92 Å². The van der Waals surface area contributed by atoms with Crippen molar-refractivity contribution in [2.45, 2.75) is 6.54 Å². The van der Waals surface area contributed by atoms with E-state index in [1.807, 2.05) is 66.7 Å². The van der Waals surface area contributed by atoms with E-state index in [2.05, 4.69) is 20.1 Å². The minimum atomic E-state index is -0.559. The van der Waals surface area contributed by atoms with Gasteiger partial charge in [-0.25, -0.2) is 4.98 Å². The number of aromatic nitrogens is 2. The summed E-state index contributed by atoms with van der Waals surface area (Å²) in [6, 6.07) is 21.4. The lowest BCUT2D eigenvalue weighted by Crippen LogP contribution is -2.28. The molecule has 3 heterocycles. The fraction of sp³-hybridized carbons (Fsp3) is 0.0870. The number of thiazole rings is 1. The van der Waals surface area contributed by atoms with Crippen LogP contribution < -0.4 is 5.01 Å². The van der Waals surface area contributed by atoms with E-state index in [1.54, 1.807) is 18.6 Å². The van der Waals surface area contributed by atoms with E-state index in [0.717, 1.165) is 21.3 Å². The van der Waals surface area contributed by atoms with Gasteiger partial charge in [-0.2, -0.15) is 10.1 Å². The number of hydrazone groups is 1. The molecule has 0 aliphatic carbocycles. The van der Waals surface area contributed by atoms with Crippen molar-refractivity contribution in [1.29, 1.82) is 0 Å². The van der Waals surface area contributed by atoms with Gasteiger partial charge in [0.25, 0.3) is 5.91 Å². The third kappa shape index (κ3) is 3.51. The quantitative estimate of drug-likeness (QED) is 0.459. The van der Waals surface area contributed by atoms with Gasteiger partial charge in [0.2, 0.25) is 5.13 Å². The number of carbonyl (C=O) groups excluding carboxylic acids is 1. The third-order valence-corrected chi connectivity index (χ3v) is 5.77. The summed E-state index contributed by atoms with van der Waals surface area (Å²) in [5.74, 6) is -0.709. The molecule has 0 fully saturated rings. The van der Waals surface area contributed by atoms with Crippen LogP contribution in [0.4, 0.5) is 5.13 Å². The van der Waals surface area contributed by atoms with Crippen molar-refractivity contribution in [3.63, 3.8) is 0 Å². The van der Waals surface area contributed by atoms with Gasteiger partial charge in [0.05, 0.1) is 22.5 Å². The molecule has 0 saturated carbocycles. The summed E-state index contributed by atoms with van der Waals surface area (Å²) in [4.78, 5) is 26.5. The SMILES string of the molecule is O=C1C(C=NCc2cccnc2)C(c2ccccc2)=NN1c1nc2ccccc2s1. The van der Waals surface area contributed by atoms with Gasteiger partial charge in [0.1, 0.15) is 5.92 Å². The molecule has 1 aliphatic heterocycles. The highest BCUT2D eigenvalue weighted by Gasteiger charge is 2.37. The normalized spacial score (nSPS) is 16.5. The first-order valence-electron chi connectivity index (χ1n) is 9.52. The monoisotopic (exact) mass is 411 g/mol. The predicted molar refractivity (Wildman–Crippen MR) is 120 cm³/mol. The minimum Gasteiger partial charge on any atom is -0.291 e. The van der Waals surface area contributed by atoms with E-state index in [-0.39, 0.29) is 5.91 Å². The lowest BCUT2D eigenvalue weighted by Gasteiger charge is -2.08. The van der Waals surface area contributed by atoms with E-state index in [1.165, 1.54) is 16.3 Å². The summed E-state index contributed by atoms with van der Waals surface area (Å²) in [5.41, 5.74) is 3.41. The van der Waals surface area contributed by atoms with Crippen LogP contribution in [0.5, 0.6) is 0 Å². The Morgan fingerprint density at radius 1 is 1.03 bits per heavy atom. The van der Waals surface area contributed by atoms with Crippen LogP contribution >= 0.6 is 11.3 Å². The highest BCUT2D eigenvalue weighted by Crippen LogP contribution is 2.33. The number of fused-ring (bicyclic) bond motifs is 1. The lowest BCUT2D eigenvalue weighted by atomic mass is 9.98. The van der Waals surface area contributed by atoms with Gasteiger partial charge < -0.3 is 0 Å². The predicted octanol–water partition coefficient (Wildman–Crippen LogP) is 4.33. The molecule has 6 nitrogen and oxygen atoms in total. The molecule has 5 rings (SSSR count). The van der Waals surface area contributed by atoms with Crippen LogP contribution in [0.1, 0.15) is 11.1 Å². The van der Waals surface area contributed by atoms with Crippen molar-refractivity contribution in [2.24, 2.45) is 16.0 Å². The van der Waals surface area contributed by atoms with Crippen LogP contribution in [0.3, 0.4) is 0 Å². The average Bonchev–Trinajstić information content (AvgIpc) is 3.36. The van der Waals surface area contributed by atoms with Crippen LogP contribution in [-0.4, -0.2) is 27.8 Å². The first-order valence-corrected chi connectivity index (χ1v) is 10.3. The Bertz CT molecular complexity index is 1220. The molecule has 1 unspecified atom stereocenters. The molecule has 0 saturated heterocycles. The van der Waals surface area contributed by atoms with Gasteiger partial charge in [0, 0.05) is 18.6 Å². The van der Waals surface area contributed by atoms with Crippen LogP contribution in [0.25, 0.3) is 10.2 Å². The van der Waals surface area contributed by atoms with Crippen molar-refractivity contribution < 1.29 is 4.79 Å². The number of benzene rings is 2. The molecule has 2 aromatic carbocycles. The first kappa shape index (κ1) is 18.3. The number of pyridine rings is 1. The fourth-order valence-corrected chi connectivity index (χ4v) is 4.21. The van der Waals surface area contributed by atoms with E-state index in [0.29, 0.717) is 17.4 Å². The van der Waals surface area contributed by atoms with Crippen molar-refractivity contribution in [3.8, 4) is 0 Å². The number of hydrogen-bond donors (Lipinski definition) is 0. The zero-order chi connectivity index (χ0) is 20.3. The zero-order valence-electron chi connectivity index (χ0n) is 15.9. The molecule has 30 heavy (non-hydrogen) atoms. The molecule has 1 aliphatic rings. The number of hydrogen-bond acceptors (Lipinski definition) is 6. The second-order valence-electron chi connectivity index (χ2n) is 6.79. The Labute approximate surface area is 177 Å². The Kier molecular flexibility index (Phi) is 4.86. The highest BCUT2D eigenvalue weighted by atomic mass is 32.1. The standard InChI is InChI=1S/C23H17N5OS/c29-22-18(15-25-14-16-7-6-12-24-13-16)21(17-8-2-1-3-9-17)27-28(22)23-26-19-10-4-5-11-20(19)30-23/h1-13,15,18H,14H2. The summed E-state index contributed by atoms with van der Waals surface area (Å²) < 4.78 is 1.02. The molecule has 7 heteroatoms. The van der Waals surface area contributed by atoms with E-state index in [4.69, 9.17) is 0 Å². The van der Waals surface area contributed by atoms with Crippen LogP contribution in [0.15, 0.2) is 89.2 Å². The van der Waals surface area contributed by atoms with Gasteiger partial charge >= 0.3 is 0 Å². The maximum absolute atomic E-state index is 13.3. The number of rotatable bonds is 5. The summed E-state index contributed by atoms with van der Waals surface area (Å²) >= 11 is 1.45. The molecule has 0 radical (unpaired) electrons. The van der Waals surface area contributed by atoms with Crippen molar-refractivity contribution in [2.75, 3.05) is 5.01 Å². The van der Waals surface area contributed by atoms with Crippen molar-refractivity contribution in [3.05, 3.63) is 90.3 Å². The second-order valence-corrected chi connectivity index (χ2v) is 7.80. The number of amides is 1. The third-order valence-electron chi connectivity index (χ3n) is 4.76. The Balaban J connectivity index is 1.49. The Morgan fingerprint density at radius 2 is 1.87 bits per heavy atom. The molecule has 2 aromatic heterocycles. The smallest absolute Gasteiger partial charge is 0.264 e. The second kappa shape index (κ2) is 7.96. The average molecular weight is 411 g/mol. The van der Waals surface area contributed by atoms with Crippen LogP contribution in [-0.2, 0) is 11.3 Å². The summed E-state index contributed by atoms with van der Waals surface area (Å²) in [7, 11) is 0. The zero-order valence-corrected chi connectivity index (χ0v) is 16.7. The maximum Gasteiger partial charge on any atom is 0.264 e. The van der Waals surface area contributed by atoms with Gasteiger partial charge in [-0.05, 0) is 29.3 Å². The van der Waals surface area contributed by atoms with Crippen molar-refractivity contribution >= 4 is 44.5 Å². The lowest BCUT2D eigenvalue weighted by molar-refractivity contribution is -0.118. The molecule has 0 N–H and O–H groups in total. The Morgan fingerprint density at radius 3 is 2.67 bits per heavy atom. The number of para-hydroxylation sites is 1. The van der Waals surface area contributed by atoms with E-state index in [9.17, 15) is 4.79 Å². The van der Waals surface area contributed by atoms with Gasteiger partial charge in [0.15, 0.2) is 0 Å². The molecule has 0 spiro atoms. The summed E-state index contributed by atoms with van der Waals surface area (Å²) in [6.45, 7) is 0.459. The molecular weight excluding hydrogens is 394 g/mol. The molecule has 1 amide bonds. The number of carbonyl (C=O) groups is 1. The topological polar surface area (TPSA) is 70.8 Å². The molecular formula is C23H17N5OS. The molecule has 1 atom stereocenters. The van der Waals surface area contributed by atoms with E-state index >= 15 is 0 Å². The Hall–Kier alpha value is -3.71. The number of aliphatic imine (C=N–C) groups is 1. The molecule has 0 bridgehead atoms. The van der Waals surface area contributed by atoms with Crippen LogP contribution in [0, 0.1) is 5.92 Å². The maximum atomic E-state index is 13.3. The van der Waals surface area contributed by atoms with Gasteiger partial charge in [-0.3, -0.25) is 14.8 Å². The van der Waals surface area contributed by atoms with Crippen molar-refractivity contribution in [1.82, 2.24) is 9.97 Å². The first-order chi connectivity index (χ1) is 14.8. The van der Waals surface area contributed by atoms with Gasteiger partial charge in [-0.1, -0.05) is 59.9 Å². The molecule has 4 aromatic rings.